The van der Waals surface area contributed by atoms with Gasteiger partial charge in [0.25, 0.3) is 0 Å². The molecule has 9 nitrogen and oxygen atoms in total. The van der Waals surface area contributed by atoms with Crippen LogP contribution in [0.25, 0.3) is 23.2 Å². The lowest BCUT2D eigenvalue weighted by molar-refractivity contribution is 0.0521. The van der Waals surface area contributed by atoms with Gasteiger partial charge < -0.3 is 14.2 Å². The molecule has 3 heterocycles. The van der Waals surface area contributed by atoms with Crippen molar-refractivity contribution in [2.24, 2.45) is 0 Å². The molecule has 0 amide bonds. The molecule has 4 rings (SSSR count). The minimum absolute atomic E-state index is 0.0250. The molecule has 0 aliphatic heterocycles. The van der Waals surface area contributed by atoms with E-state index in [4.69, 9.17) is 49.0 Å². The molecule has 1 aromatic carbocycles. The van der Waals surface area contributed by atoms with Crippen LogP contribution in [-0.2, 0) is 4.74 Å². The number of hydrogen-bond donors (Lipinski definition) is 0. The van der Waals surface area contributed by atoms with Gasteiger partial charge >= 0.3 is 6.09 Å². The zero-order valence-electron chi connectivity index (χ0n) is 20.6. The first-order valence-electron chi connectivity index (χ1n) is 11.1. The fraction of sp³-hybridized carbons (Fsp3) is 0.192. The van der Waals surface area contributed by atoms with Crippen molar-refractivity contribution >= 4 is 64.1 Å². The van der Waals surface area contributed by atoms with Crippen LogP contribution in [0.15, 0.2) is 36.5 Å². The molecule has 3 aromatic heterocycles. The molecule has 0 atom stereocenters. The molecule has 0 aliphatic carbocycles. The number of hydrogen-bond acceptors (Lipinski definition) is 8. The Bertz CT molecular complexity index is 1620. The molecule has 12 heteroatoms. The summed E-state index contributed by atoms with van der Waals surface area (Å²) in [7, 11) is 1.40. The topological polar surface area (TPSA) is 112 Å². The Morgan fingerprint density at radius 3 is 2.53 bits per heavy atom. The molecule has 194 valence electrons. The third kappa shape index (κ3) is 5.83. The van der Waals surface area contributed by atoms with Gasteiger partial charge in [-0.3, -0.25) is 0 Å². The van der Waals surface area contributed by atoms with Gasteiger partial charge in [-0.25, -0.2) is 14.8 Å². The third-order valence-corrected chi connectivity index (χ3v) is 5.80. The SMILES string of the molecule is COc1nc(/C=C/c2nn(C(=O)OC(C)(C)C)c3ncccc23)c(Cl)c(Oc2cc(Cl)cc(C#N)c2)c1Cl. The highest BCUT2D eigenvalue weighted by molar-refractivity contribution is 6.38. The van der Waals surface area contributed by atoms with Crippen LogP contribution in [0.5, 0.6) is 17.4 Å². The van der Waals surface area contributed by atoms with E-state index >= 15 is 0 Å². The van der Waals surface area contributed by atoms with Crippen molar-refractivity contribution in [1.29, 1.82) is 5.26 Å². The molecule has 4 aromatic rings. The molecular weight excluding hydrogens is 553 g/mol. The van der Waals surface area contributed by atoms with Crippen LogP contribution in [-0.4, -0.2) is 38.6 Å². The Hall–Kier alpha value is -3.84. The molecule has 0 bridgehead atoms. The smallest absolute Gasteiger partial charge is 0.437 e. The van der Waals surface area contributed by atoms with Crippen LogP contribution >= 0.6 is 34.8 Å². The van der Waals surface area contributed by atoms with Gasteiger partial charge in [-0.05, 0) is 63.3 Å². The number of halogens is 3. The first-order chi connectivity index (χ1) is 18.0. The predicted octanol–water partition coefficient (Wildman–Crippen LogP) is 7.41. The number of aromatic nitrogens is 4. The van der Waals surface area contributed by atoms with Crippen LogP contribution in [0.3, 0.4) is 0 Å². The Morgan fingerprint density at radius 2 is 1.84 bits per heavy atom. The van der Waals surface area contributed by atoms with Gasteiger partial charge in [0.1, 0.15) is 21.4 Å². The maximum absolute atomic E-state index is 12.7. The van der Waals surface area contributed by atoms with Crippen molar-refractivity contribution in [3.8, 4) is 23.4 Å². The monoisotopic (exact) mass is 571 g/mol. The number of methoxy groups -OCH3 is 1. The summed E-state index contributed by atoms with van der Waals surface area (Å²) in [5, 5.41) is 14.6. The lowest BCUT2D eigenvalue weighted by Gasteiger charge is -2.18. The summed E-state index contributed by atoms with van der Waals surface area (Å²) in [5.74, 6) is 0.352. The highest BCUT2D eigenvalue weighted by atomic mass is 35.5. The first kappa shape index (κ1) is 27.2. The Labute approximate surface area is 233 Å². The van der Waals surface area contributed by atoms with E-state index in [9.17, 15) is 10.1 Å². The van der Waals surface area contributed by atoms with Crippen LogP contribution in [0.2, 0.25) is 15.1 Å². The molecule has 0 spiro atoms. The summed E-state index contributed by atoms with van der Waals surface area (Å²) in [4.78, 5) is 21.4. The second kappa shape index (κ2) is 10.9. The number of carbonyl (C=O) groups is 1. The number of rotatable bonds is 5. The number of nitrogens with zero attached hydrogens (tertiary/aromatic N) is 5. The highest BCUT2D eigenvalue weighted by Crippen LogP contribution is 2.43. The van der Waals surface area contributed by atoms with Gasteiger partial charge in [0, 0.05) is 16.6 Å². The first-order valence-corrected chi connectivity index (χ1v) is 12.2. The maximum atomic E-state index is 12.7. The van der Waals surface area contributed by atoms with Gasteiger partial charge in [-0.15, -0.1) is 4.68 Å². The molecular formula is C26H20Cl3N5O4. The van der Waals surface area contributed by atoms with Crippen molar-refractivity contribution in [1.82, 2.24) is 19.7 Å². The minimum Gasteiger partial charge on any atom is -0.480 e. The minimum atomic E-state index is -0.717. The summed E-state index contributed by atoms with van der Waals surface area (Å²) in [5.41, 5.74) is 0.565. The van der Waals surface area contributed by atoms with Crippen LogP contribution in [0.1, 0.15) is 37.7 Å². The second-order valence-corrected chi connectivity index (χ2v) is 10.0. The van der Waals surface area contributed by atoms with E-state index in [1.807, 2.05) is 6.07 Å². The maximum Gasteiger partial charge on any atom is 0.437 e. The van der Waals surface area contributed by atoms with Crippen molar-refractivity contribution in [2.45, 2.75) is 26.4 Å². The van der Waals surface area contributed by atoms with Crippen LogP contribution in [0, 0.1) is 11.3 Å². The van der Waals surface area contributed by atoms with Crippen molar-refractivity contribution < 1.29 is 19.0 Å². The van der Waals surface area contributed by atoms with Crippen LogP contribution in [0.4, 0.5) is 4.79 Å². The largest absolute Gasteiger partial charge is 0.480 e. The van der Waals surface area contributed by atoms with Gasteiger partial charge in [0.05, 0.1) is 30.1 Å². The molecule has 0 unspecified atom stereocenters. The fourth-order valence-electron chi connectivity index (χ4n) is 3.34. The predicted molar refractivity (Wildman–Crippen MR) is 145 cm³/mol. The zero-order chi connectivity index (χ0) is 27.6. The fourth-order valence-corrected chi connectivity index (χ4v) is 4.11. The summed E-state index contributed by atoms with van der Waals surface area (Å²) >= 11 is 19.2. The average Bonchev–Trinajstić information content (AvgIpc) is 3.24. The van der Waals surface area contributed by atoms with Crippen LogP contribution < -0.4 is 9.47 Å². The lowest BCUT2D eigenvalue weighted by atomic mass is 10.2. The molecule has 0 fully saturated rings. The molecule has 0 saturated heterocycles. The average molecular weight is 573 g/mol. The van der Waals surface area contributed by atoms with Gasteiger partial charge in [0.15, 0.2) is 11.4 Å². The van der Waals surface area contributed by atoms with E-state index in [2.05, 4.69) is 15.1 Å². The quantitative estimate of drug-likeness (QED) is 0.243. The molecule has 0 aliphatic rings. The number of carbonyl (C=O) groups excluding carboxylic acids is 1. The highest BCUT2D eigenvalue weighted by Gasteiger charge is 2.23. The number of pyridine rings is 2. The molecule has 0 N–H and O–H groups in total. The zero-order valence-corrected chi connectivity index (χ0v) is 22.9. The summed E-state index contributed by atoms with van der Waals surface area (Å²) in [6, 6.07) is 10.0. The van der Waals surface area contributed by atoms with Gasteiger partial charge in [-0.2, -0.15) is 10.4 Å². The van der Waals surface area contributed by atoms with E-state index in [0.29, 0.717) is 27.3 Å². The van der Waals surface area contributed by atoms with E-state index in [1.165, 1.54) is 25.3 Å². The molecule has 0 radical (unpaired) electrons. The van der Waals surface area contributed by atoms with E-state index < -0.39 is 11.7 Å². The standard InChI is InChI=1S/C26H20Cl3N5O4/c1-26(2,3)38-25(35)34-23-17(6-5-9-31-23)18(33-34)7-8-19-20(28)22(21(29)24(32-19)36-4)37-16-11-14(13-30)10-15(27)12-16/h5-12H,1-4H3/b8-7+. The normalized spacial score (nSPS) is 11.5. The van der Waals surface area contributed by atoms with E-state index in [-0.39, 0.29) is 33.1 Å². The van der Waals surface area contributed by atoms with Crippen molar-refractivity contribution in [3.05, 3.63) is 68.5 Å². The van der Waals surface area contributed by atoms with E-state index in [0.717, 1.165) is 4.68 Å². The summed E-state index contributed by atoms with van der Waals surface area (Å²) < 4.78 is 17.8. The number of fused-ring (bicyclic) bond motifs is 1. The molecule has 38 heavy (non-hydrogen) atoms. The van der Waals surface area contributed by atoms with E-state index in [1.54, 1.807) is 51.3 Å². The van der Waals surface area contributed by atoms with Crippen molar-refractivity contribution in [2.75, 3.05) is 7.11 Å². The van der Waals surface area contributed by atoms with Gasteiger partial charge in [0.2, 0.25) is 5.88 Å². The molecule has 0 saturated carbocycles. The Morgan fingerprint density at radius 1 is 1.11 bits per heavy atom. The Balaban J connectivity index is 1.76. The number of benzene rings is 1. The van der Waals surface area contributed by atoms with Gasteiger partial charge in [-0.1, -0.05) is 34.8 Å². The Kier molecular flexibility index (Phi) is 7.78. The lowest BCUT2D eigenvalue weighted by Crippen LogP contribution is -2.27. The van der Waals surface area contributed by atoms with Crippen molar-refractivity contribution in [3.63, 3.8) is 0 Å². The summed E-state index contributed by atoms with van der Waals surface area (Å²) in [6.07, 6.45) is 4.07. The second-order valence-electron chi connectivity index (χ2n) is 8.84. The third-order valence-electron chi connectivity index (χ3n) is 4.88. The number of ether oxygens (including phenoxy) is 3. The number of nitriles is 1. The summed E-state index contributed by atoms with van der Waals surface area (Å²) in [6.45, 7) is 5.28.